The second-order valence-corrected chi connectivity index (χ2v) is 6.38. The van der Waals surface area contributed by atoms with Gasteiger partial charge < -0.3 is 9.88 Å². The molecule has 1 N–H and O–H groups in total. The van der Waals surface area contributed by atoms with Gasteiger partial charge in [-0.1, -0.05) is 27.5 Å². The van der Waals surface area contributed by atoms with Crippen molar-refractivity contribution in [1.29, 1.82) is 0 Å². The number of carbonyl (C=O) groups excluding carboxylic acids is 1. The van der Waals surface area contributed by atoms with E-state index in [1.165, 1.54) is 6.07 Å². The zero-order chi connectivity index (χ0) is 16.4. The quantitative estimate of drug-likeness (QED) is 0.732. The molecule has 0 aliphatic rings. The summed E-state index contributed by atoms with van der Waals surface area (Å²) in [6, 6.07) is 13.8. The topological polar surface area (TPSA) is 51.1 Å². The lowest BCUT2D eigenvalue weighted by Gasteiger charge is -2.11. The predicted molar refractivity (Wildman–Crippen MR) is 96.0 cm³/mol. The van der Waals surface area contributed by atoms with E-state index in [4.69, 9.17) is 11.6 Å². The molecule has 1 amide bonds. The van der Waals surface area contributed by atoms with E-state index in [0.29, 0.717) is 21.6 Å². The number of carbonyl (C=O) groups is 1. The first-order valence-corrected chi connectivity index (χ1v) is 8.04. The SMILES string of the molecule is O=C(Cn1ccc(=O)c2cc(Cl)ccc21)Nc1ccc(Br)cc1. The number of pyridine rings is 1. The number of aromatic nitrogens is 1. The van der Waals surface area contributed by atoms with Crippen LogP contribution >= 0.6 is 27.5 Å². The lowest BCUT2D eigenvalue weighted by atomic mass is 10.2. The van der Waals surface area contributed by atoms with Gasteiger partial charge in [-0.2, -0.15) is 0 Å². The van der Waals surface area contributed by atoms with Gasteiger partial charge in [-0.15, -0.1) is 0 Å². The molecule has 1 aromatic heterocycles. The summed E-state index contributed by atoms with van der Waals surface area (Å²) in [5.41, 5.74) is 1.27. The summed E-state index contributed by atoms with van der Waals surface area (Å²) in [6.45, 7) is 0.106. The van der Waals surface area contributed by atoms with Gasteiger partial charge in [0.05, 0.1) is 5.52 Å². The van der Waals surface area contributed by atoms with E-state index in [0.717, 1.165) is 4.47 Å². The highest BCUT2D eigenvalue weighted by molar-refractivity contribution is 9.10. The molecule has 116 valence electrons. The van der Waals surface area contributed by atoms with E-state index in [2.05, 4.69) is 21.2 Å². The third-order valence-electron chi connectivity index (χ3n) is 3.38. The van der Waals surface area contributed by atoms with Gasteiger partial charge in [0.25, 0.3) is 0 Å². The maximum atomic E-state index is 12.2. The van der Waals surface area contributed by atoms with E-state index < -0.39 is 0 Å². The lowest BCUT2D eigenvalue weighted by Crippen LogP contribution is -2.20. The summed E-state index contributed by atoms with van der Waals surface area (Å²) in [7, 11) is 0. The molecule has 0 bridgehead atoms. The van der Waals surface area contributed by atoms with E-state index in [-0.39, 0.29) is 17.9 Å². The van der Waals surface area contributed by atoms with Crippen LogP contribution in [-0.4, -0.2) is 10.5 Å². The van der Waals surface area contributed by atoms with E-state index in [1.54, 1.807) is 29.0 Å². The summed E-state index contributed by atoms with van der Waals surface area (Å²) >= 11 is 9.29. The van der Waals surface area contributed by atoms with Gasteiger partial charge in [0.1, 0.15) is 6.54 Å². The highest BCUT2D eigenvalue weighted by Crippen LogP contribution is 2.17. The van der Waals surface area contributed by atoms with Crippen LogP contribution in [0, 0.1) is 0 Å². The fourth-order valence-corrected chi connectivity index (χ4v) is 2.75. The number of hydrogen-bond acceptors (Lipinski definition) is 2. The van der Waals surface area contributed by atoms with Gasteiger partial charge in [-0.05, 0) is 42.5 Å². The molecule has 0 spiro atoms. The Morgan fingerprint density at radius 3 is 2.61 bits per heavy atom. The van der Waals surface area contributed by atoms with Gasteiger partial charge in [-0.25, -0.2) is 0 Å². The lowest BCUT2D eigenvalue weighted by molar-refractivity contribution is -0.116. The third kappa shape index (κ3) is 3.63. The van der Waals surface area contributed by atoms with Gasteiger partial charge in [0, 0.05) is 32.8 Å². The second kappa shape index (κ2) is 6.56. The number of hydrogen-bond donors (Lipinski definition) is 1. The van der Waals surface area contributed by atoms with Crippen LogP contribution in [-0.2, 0) is 11.3 Å². The van der Waals surface area contributed by atoms with Crippen LogP contribution in [0.15, 0.2) is 64.0 Å². The van der Waals surface area contributed by atoms with Crippen LogP contribution in [0.1, 0.15) is 0 Å². The highest BCUT2D eigenvalue weighted by Gasteiger charge is 2.08. The Kier molecular flexibility index (Phi) is 4.50. The molecule has 0 aliphatic heterocycles. The molecule has 0 radical (unpaired) electrons. The minimum absolute atomic E-state index is 0.106. The Morgan fingerprint density at radius 1 is 1.13 bits per heavy atom. The van der Waals surface area contributed by atoms with E-state index in [9.17, 15) is 9.59 Å². The number of benzene rings is 2. The van der Waals surface area contributed by atoms with Crippen molar-refractivity contribution in [3.05, 3.63) is 74.4 Å². The first-order valence-electron chi connectivity index (χ1n) is 6.87. The molecule has 0 aliphatic carbocycles. The normalized spacial score (nSPS) is 10.7. The molecular weight excluding hydrogens is 380 g/mol. The van der Waals surface area contributed by atoms with Crippen molar-refractivity contribution in [3.63, 3.8) is 0 Å². The van der Waals surface area contributed by atoms with Crippen molar-refractivity contribution in [3.8, 4) is 0 Å². The molecule has 4 nitrogen and oxygen atoms in total. The Balaban J connectivity index is 1.86. The predicted octanol–water partition coefficient (Wildman–Crippen LogP) is 4.06. The van der Waals surface area contributed by atoms with Gasteiger partial charge in [-0.3, -0.25) is 9.59 Å². The molecule has 0 saturated heterocycles. The Bertz CT molecular complexity index is 935. The number of rotatable bonds is 3. The minimum atomic E-state index is -0.174. The molecule has 23 heavy (non-hydrogen) atoms. The molecule has 0 unspecified atom stereocenters. The number of fused-ring (bicyclic) bond motifs is 1. The van der Waals surface area contributed by atoms with Gasteiger partial charge >= 0.3 is 0 Å². The molecule has 3 rings (SSSR count). The fraction of sp³-hybridized carbons (Fsp3) is 0.0588. The van der Waals surface area contributed by atoms with Crippen molar-refractivity contribution in [2.75, 3.05) is 5.32 Å². The Hall–Kier alpha value is -2.11. The molecular formula is C17H12BrClN2O2. The summed E-state index contributed by atoms with van der Waals surface area (Å²) in [5, 5.41) is 3.81. The number of amides is 1. The van der Waals surface area contributed by atoms with E-state index >= 15 is 0 Å². The summed E-state index contributed by atoms with van der Waals surface area (Å²) in [5.74, 6) is -0.174. The Morgan fingerprint density at radius 2 is 1.87 bits per heavy atom. The summed E-state index contributed by atoms with van der Waals surface area (Å²) in [6.07, 6.45) is 1.61. The first kappa shape index (κ1) is 15.8. The standard InChI is InChI=1S/C17H12BrClN2O2/c18-11-1-4-13(5-2-11)20-17(23)10-21-8-7-16(22)14-9-12(19)3-6-15(14)21/h1-9H,10H2,(H,20,23). The smallest absolute Gasteiger partial charge is 0.244 e. The van der Waals surface area contributed by atoms with Gasteiger partial charge in [0.15, 0.2) is 5.43 Å². The molecule has 3 aromatic rings. The van der Waals surface area contributed by atoms with Crippen molar-refractivity contribution in [2.24, 2.45) is 0 Å². The van der Waals surface area contributed by atoms with E-state index in [1.807, 2.05) is 24.3 Å². The fourth-order valence-electron chi connectivity index (χ4n) is 2.31. The molecule has 2 aromatic carbocycles. The molecule has 0 fully saturated rings. The minimum Gasteiger partial charge on any atom is -0.338 e. The molecule has 1 heterocycles. The van der Waals surface area contributed by atoms with Crippen LogP contribution in [0.4, 0.5) is 5.69 Å². The first-order chi connectivity index (χ1) is 11.0. The summed E-state index contributed by atoms with van der Waals surface area (Å²) < 4.78 is 2.67. The van der Waals surface area contributed by atoms with Crippen molar-refractivity contribution in [1.82, 2.24) is 4.57 Å². The second-order valence-electron chi connectivity index (χ2n) is 5.02. The largest absolute Gasteiger partial charge is 0.338 e. The number of nitrogens with zero attached hydrogens (tertiary/aromatic N) is 1. The average molecular weight is 392 g/mol. The van der Waals surface area contributed by atoms with Crippen molar-refractivity contribution in [2.45, 2.75) is 6.54 Å². The summed E-state index contributed by atoms with van der Waals surface area (Å²) in [4.78, 5) is 24.1. The monoisotopic (exact) mass is 390 g/mol. The Labute approximate surface area is 145 Å². The van der Waals surface area contributed by atoms with Crippen LogP contribution in [0.2, 0.25) is 5.02 Å². The van der Waals surface area contributed by atoms with Crippen LogP contribution in [0.5, 0.6) is 0 Å². The number of halogens is 2. The van der Waals surface area contributed by atoms with Crippen LogP contribution < -0.4 is 10.7 Å². The molecule has 0 saturated carbocycles. The van der Waals surface area contributed by atoms with Gasteiger partial charge in [0.2, 0.25) is 5.91 Å². The highest BCUT2D eigenvalue weighted by atomic mass is 79.9. The van der Waals surface area contributed by atoms with Crippen molar-refractivity contribution >= 4 is 50.0 Å². The maximum absolute atomic E-state index is 12.2. The average Bonchev–Trinajstić information content (AvgIpc) is 2.52. The molecule has 6 heteroatoms. The zero-order valence-electron chi connectivity index (χ0n) is 11.9. The van der Waals surface area contributed by atoms with Crippen LogP contribution in [0.25, 0.3) is 10.9 Å². The van der Waals surface area contributed by atoms with Crippen LogP contribution in [0.3, 0.4) is 0 Å². The zero-order valence-corrected chi connectivity index (χ0v) is 14.3. The third-order valence-corrected chi connectivity index (χ3v) is 4.15. The molecule has 0 atom stereocenters. The van der Waals surface area contributed by atoms with Crippen molar-refractivity contribution < 1.29 is 4.79 Å². The maximum Gasteiger partial charge on any atom is 0.244 e. The number of anilines is 1. The number of nitrogens with one attached hydrogen (secondary N) is 1.